The Hall–Kier alpha value is -2.41. The lowest BCUT2D eigenvalue weighted by atomic mass is 10.1. The van der Waals surface area contributed by atoms with Crippen molar-refractivity contribution in [3.8, 4) is 10.6 Å². The van der Waals surface area contributed by atoms with Gasteiger partial charge in [-0.15, -0.1) is 11.3 Å². The van der Waals surface area contributed by atoms with E-state index in [-0.39, 0.29) is 28.0 Å². The number of halogens is 2. The van der Waals surface area contributed by atoms with Gasteiger partial charge in [0.1, 0.15) is 5.01 Å². The van der Waals surface area contributed by atoms with Gasteiger partial charge in [0.05, 0.1) is 11.6 Å². The molecule has 1 heterocycles. The number of thiazole rings is 1. The van der Waals surface area contributed by atoms with Crippen molar-refractivity contribution in [2.24, 2.45) is 0 Å². The van der Waals surface area contributed by atoms with Crippen molar-refractivity contribution in [2.45, 2.75) is 0 Å². The molecule has 3 aromatic rings. The molecule has 0 aliphatic carbocycles. The van der Waals surface area contributed by atoms with Crippen molar-refractivity contribution in [1.82, 2.24) is 4.98 Å². The van der Waals surface area contributed by atoms with Gasteiger partial charge in [-0.1, -0.05) is 53.5 Å². The average molecular weight is 407 g/mol. The summed E-state index contributed by atoms with van der Waals surface area (Å²) in [7, 11) is 0. The first-order chi connectivity index (χ1) is 12.5. The lowest BCUT2D eigenvalue weighted by Crippen LogP contribution is -2.16. The van der Waals surface area contributed by atoms with Crippen LogP contribution in [-0.4, -0.2) is 28.4 Å². The van der Waals surface area contributed by atoms with E-state index >= 15 is 0 Å². The van der Waals surface area contributed by atoms with Crippen LogP contribution in [0, 0.1) is 0 Å². The van der Waals surface area contributed by atoms with E-state index in [0.717, 1.165) is 16.9 Å². The first-order valence-electron chi connectivity index (χ1n) is 7.47. The number of nitrogens with one attached hydrogen (secondary N) is 1. The lowest BCUT2D eigenvalue weighted by Gasteiger charge is -2.06. The number of nitrogens with zero attached hydrogens (tertiary/aromatic N) is 1. The van der Waals surface area contributed by atoms with Crippen molar-refractivity contribution in [3.05, 3.63) is 69.0 Å². The summed E-state index contributed by atoms with van der Waals surface area (Å²) in [6.07, 6.45) is 0. The summed E-state index contributed by atoms with van der Waals surface area (Å²) < 4.78 is 0. The van der Waals surface area contributed by atoms with Crippen LogP contribution >= 0.6 is 34.5 Å². The number of carboxylic acid groups (broad SMARTS) is 1. The van der Waals surface area contributed by atoms with Crippen LogP contribution in [0.2, 0.25) is 10.0 Å². The molecule has 0 amide bonds. The maximum Gasteiger partial charge on any atom is 0.349 e. The topological polar surface area (TPSA) is 79.3 Å². The van der Waals surface area contributed by atoms with Gasteiger partial charge < -0.3 is 10.4 Å². The Balaban J connectivity index is 1.82. The average Bonchev–Trinajstić information content (AvgIpc) is 3.05. The molecule has 2 N–H and O–H groups in total. The molecule has 132 valence electrons. The van der Waals surface area contributed by atoms with E-state index in [0.29, 0.717) is 15.6 Å². The molecule has 0 aliphatic rings. The van der Waals surface area contributed by atoms with Gasteiger partial charge in [-0.3, -0.25) is 4.79 Å². The Morgan fingerprint density at radius 2 is 1.85 bits per heavy atom. The van der Waals surface area contributed by atoms with E-state index in [1.165, 1.54) is 12.1 Å². The third-order valence-electron chi connectivity index (χ3n) is 3.49. The number of hydrogen-bond acceptors (Lipinski definition) is 5. The SMILES string of the molecule is O=C(CNc1nc(-c2ccccc2)sc1C(=O)O)c1ccc(Cl)cc1Cl. The van der Waals surface area contributed by atoms with E-state index in [1.807, 2.05) is 30.3 Å². The highest BCUT2D eigenvalue weighted by molar-refractivity contribution is 7.17. The Labute approximate surface area is 163 Å². The molecular weight excluding hydrogens is 395 g/mol. The molecule has 8 heteroatoms. The zero-order valence-corrected chi connectivity index (χ0v) is 15.5. The number of anilines is 1. The minimum atomic E-state index is -1.11. The lowest BCUT2D eigenvalue weighted by molar-refractivity contribution is 0.0702. The minimum Gasteiger partial charge on any atom is -0.477 e. The van der Waals surface area contributed by atoms with E-state index < -0.39 is 5.97 Å². The quantitative estimate of drug-likeness (QED) is 0.555. The maximum atomic E-state index is 12.3. The maximum absolute atomic E-state index is 12.3. The van der Waals surface area contributed by atoms with Gasteiger partial charge in [0.2, 0.25) is 0 Å². The number of rotatable bonds is 6. The van der Waals surface area contributed by atoms with E-state index in [9.17, 15) is 14.7 Å². The summed E-state index contributed by atoms with van der Waals surface area (Å²) in [5.41, 5.74) is 1.11. The molecule has 2 aromatic carbocycles. The fourth-order valence-corrected chi connectivity index (χ4v) is 3.66. The molecule has 0 fully saturated rings. The highest BCUT2D eigenvalue weighted by atomic mass is 35.5. The summed E-state index contributed by atoms with van der Waals surface area (Å²) >= 11 is 12.9. The van der Waals surface area contributed by atoms with E-state index in [1.54, 1.807) is 6.07 Å². The zero-order valence-electron chi connectivity index (χ0n) is 13.2. The number of benzene rings is 2. The first kappa shape index (κ1) is 18.4. The monoisotopic (exact) mass is 406 g/mol. The molecule has 0 aliphatic heterocycles. The van der Waals surface area contributed by atoms with Crippen LogP contribution in [0.15, 0.2) is 48.5 Å². The van der Waals surface area contributed by atoms with Gasteiger partial charge in [0.25, 0.3) is 0 Å². The molecule has 26 heavy (non-hydrogen) atoms. The standard InChI is InChI=1S/C18H12Cl2N2O3S/c19-11-6-7-12(13(20)8-11)14(23)9-21-16-15(18(24)25)26-17(22-16)10-4-2-1-3-5-10/h1-8,21H,9H2,(H,24,25). The van der Waals surface area contributed by atoms with E-state index in [2.05, 4.69) is 10.3 Å². The van der Waals surface area contributed by atoms with Crippen molar-refractivity contribution in [1.29, 1.82) is 0 Å². The molecule has 0 radical (unpaired) electrons. The van der Waals surface area contributed by atoms with Gasteiger partial charge in [0.15, 0.2) is 16.5 Å². The van der Waals surface area contributed by atoms with Gasteiger partial charge in [-0.2, -0.15) is 0 Å². The third-order valence-corrected chi connectivity index (χ3v) is 5.13. The molecule has 0 saturated heterocycles. The molecule has 1 aromatic heterocycles. The van der Waals surface area contributed by atoms with Crippen molar-refractivity contribution >= 4 is 52.1 Å². The molecule has 0 unspecified atom stereocenters. The highest BCUT2D eigenvalue weighted by Crippen LogP contribution is 2.31. The predicted octanol–water partition coefficient (Wildman–Crippen LogP) is 5.11. The predicted molar refractivity (Wildman–Crippen MR) is 104 cm³/mol. The van der Waals surface area contributed by atoms with Crippen LogP contribution in [0.25, 0.3) is 10.6 Å². The number of Topliss-reactive ketones (excluding diaryl/α,β-unsaturated/α-hetero) is 1. The van der Waals surface area contributed by atoms with Gasteiger partial charge >= 0.3 is 5.97 Å². The summed E-state index contributed by atoms with van der Waals surface area (Å²) in [4.78, 5) is 28.2. The van der Waals surface area contributed by atoms with E-state index in [4.69, 9.17) is 23.2 Å². The number of carboxylic acids is 1. The summed E-state index contributed by atoms with van der Waals surface area (Å²) in [6.45, 7) is -0.139. The van der Waals surface area contributed by atoms with Crippen molar-refractivity contribution < 1.29 is 14.7 Å². The molecule has 3 rings (SSSR count). The first-order valence-corrected chi connectivity index (χ1v) is 9.04. The summed E-state index contributed by atoms with van der Waals surface area (Å²) in [5.74, 6) is -1.25. The Kier molecular flexibility index (Phi) is 5.56. The number of carbonyl (C=O) groups excluding carboxylic acids is 1. The molecule has 0 saturated carbocycles. The number of aromatic carboxylic acids is 1. The van der Waals surface area contributed by atoms with Crippen LogP contribution in [0.5, 0.6) is 0 Å². The molecule has 5 nitrogen and oxygen atoms in total. The third kappa shape index (κ3) is 4.04. The normalized spacial score (nSPS) is 10.5. The van der Waals surface area contributed by atoms with Crippen LogP contribution in [0.3, 0.4) is 0 Å². The van der Waals surface area contributed by atoms with Gasteiger partial charge in [0, 0.05) is 16.1 Å². The second-order valence-corrected chi connectivity index (χ2v) is 7.11. The van der Waals surface area contributed by atoms with Gasteiger partial charge in [-0.25, -0.2) is 9.78 Å². The Morgan fingerprint density at radius 3 is 2.50 bits per heavy atom. The summed E-state index contributed by atoms with van der Waals surface area (Å²) in [5, 5.41) is 13.4. The number of aromatic nitrogens is 1. The zero-order chi connectivity index (χ0) is 18.7. The van der Waals surface area contributed by atoms with Gasteiger partial charge in [-0.05, 0) is 18.2 Å². The molecule has 0 spiro atoms. The molecule has 0 bridgehead atoms. The van der Waals surface area contributed by atoms with Crippen molar-refractivity contribution in [3.63, 3.8) is 0 Å². The second kappa shape index (κ2) is 7.86. The molecule has 0 atom stereocenters. The summed E-state index contributed by atoms with van der Waals surface area (Å²) in [6, 6.07) is 13.8. The Bertz CT molecular complexity index is 974. The minimum absolute atomic E-state index is 0.0406. The van der Waals surface area contributed by atoms with Crippen LogP contribution in [0.1, 0.15) is 20.0 Å². The largest absolute Gasteiger partial charge is 0.477 e. The Morgan fingerprint density at radius 1 is 1.12 bits per heavy atom. The van der Waals surface area contributed by atoms with Crippen LogP contribution in [-0.2, 0) is 0 Å². The molecular formula is C18H12Cl2N2O3S. The fourth-order valence-electron chi connectivity index (χ4n) is 2.26. The highest BCUT2D eigenvalue weighted by Gasteiger charge is 2.19. The second-order valence-electron chi connectivity index (χ2n) is 5.27. The van der Waals surface area contributed by atoms with Crippen LogP contribution < -0.4 is 5.32 Å². The number of carbonyl (C=O) groups is 2. The smallest absolute Gasteiger partial charge is 0.349 e. The number of hydrogen-bond donors (Lipinski definition) is 2. The van der Waals surface area contributed by atoms with Crippen molar-refractivity contribution in [2.75, 3.05) is 11.9 Å². The number of ketones is 1. The van der Waals surface area contributed by atoms with Crippen LogP contribution in [0.4, 0.5) is 5.82 Å². The fraction of sp³-hybridized carbons (Fsp3) is 0.0556.